The minimum absolute atomic E-state index is 0.239. The van der Waals surface area contributed by atoms with Crippen LogP contribution in [0.15, 0.2) is 14.7 Å². The number of halogens is 1. The maximum absolute atomic E-state index is 6.46. The fourth-order valence-electron chi connectivity index (χ4n) is 5.55. The summed E-state index contributed by atoms with van der Waals surface area (Å²) in [6.07, 6.45) is 8.21. The number of fused-ring (bicyclic) bond motifs is 1. The van der Waals surface area contributed by atoms with Crippen LogP contribution < -0.4 is 10.9 Å². The lowest BCUT2D eigenvalue weighted by molar-refractivity contribution is -0.0131. The third-order valence-corrected chi connectivity index (χ3v) is 8.03. The molecule has 0 amide bonds. The molecule has 4 aliphatic carbocycles. The van der Waals surface area contributed by atoms with Gasteiger partial charge in [0.05, 0.1) is 10.0 Å². The van der Waals surface area contributed by atoms with Gasteiger partial charge in [-0.05, 0) is 62.3 Å². The molecule has 21 heavy (non-hydrogen) atoms. The second-order valence-electron chi connectivity index (χ2n) is 7.30. The van der Waals surface area contributed by atoms with Gasteiger partial charge in [0.2, 0.25) is 0 Å². The fourth-order valence-corrected chi connectivity index (χ4v) is 7.86. The van der Waals surface area contributed by atoms with Crippen molar-refractivity contribution in [3.63, 3.8) is 0 Å². The molecule has 4 bridgehead atoms. The minimum Gasteiger partial charge on any atom is -0.263 e. The zero-order valence-corrected chi connectivity index (χ0v) is 14.1. The first-order valence-electron chi connectivity index (χ1n) is 7.73. The average Bonchev–Trinajstić information content (AvgIpc) is 2.78. The smallest absolute Gasteiger partial charge is 0.138 e. The Hall–Kier alpha value is -0.230. The van der Waals surface area contributed by atoms with E-state index in [0.29, 0.717) is 0 Å². The Balaban J connectivity index is 1.54. The van der Waals surface area contributed by atoms with E-state index in [2.05, 4.69) is 0 Å². The van der Waals surface area contributed by atoms with Crippen LogP contribution in [-0.2, 0) is 0 Å². The van der Waals surface area contributed by atoms with E-state index in [4.69, 9.17) is 21.8 Å². The Kier molecular flexibility index (Phi) is 2.77. The maximum atomic E-state index is 6.46. The molecule has 0 aromatic carbocycles. The Bertz CT molecular complexity index is 604. The number of rotatable bonds is 1. The molecule has 0 atom stereocenters. The monoisotopic (exact) mass is 339 g/mol. The molecule has 4 saturated carbocycles. The SMILES string of the molecule is NN1C(C23CC4CC(CC(C4)C2)C3)=NSc2sc(Cl)cc21. The highest BCUT2D eigenvalue weighted by molar-refractivity contribution is 8.00. The Morgan fingerprint density at radius 1 is 1.19 bits per heavy atom. The van der Waals surface area contributed by atoms with Gasteiger partial charge in [0, 0.05) is 17.4 Å². The second kappa shape index (κ2) is 4.40. The molecule has 2 heterocycles. The highest BCUT2D eigenvalue weighted by Gasteiger charge is 2.55. The average molecular weight is 340 g/mol. The number of nitrogens with zero attached hydrogens (tertiary/aromatic N) is 2. The summed E-state index contributed by atoms with van der Waals surface area (Å²) in [7, 11) is 0. The minimum atomic E-state index is 0.239. The molecule has 1 aliphatic heterocycles. The van der Waals surface area contributed by atoms with Crippen LogP contribution in [-0.4, -0.2) is 5.84 Å². The largest absolute Gasteiger partial charge is 0.263 e. The molecular weight excluding hydrogens is 322 g/mol. The van der Waals surface area contributed by atoms with Gasteiger partial charge >= 0.3 is 0 Å². The van der Waals surface area contributed by atoms with Crippen LogP contribution in [0.5, 0.6) is 0 Å². The van der Waals surface area contributed by atoms with Crippen LogP contribution in [0.3, 0.4) is 0 Å². The lowest BCUT2D eigenvalue weighted by Crippen LogP contribution is -2.56. The quantitative estimate of drug-likeness (QED) is 0.594. The van der Waals surface area contributed by atoms with Gasteiger partial charge in [-0.2, -0.15) is 4.40 Å². The van der Waals surface area contributed by atoms with Gasteiger partial charge in [-0.3, -0.25) is 5.01 Å². The van der Waals surface area contributed by atoms with Gasteiger partial charge < -0.3 is 0 Å². The first-order chi connectivity index (χ1) is 10.1. The summed E-state index contributed by atoms with van der Waals surface area (Å²) in [5, 5.41) is 1.85. The molecule has 6 rings (SSSR count). The summed E-state index contributed by atoms with van der Waals surface area (Å²) in [5.74, 6) is 10.3. The van der Waals surface area contributed by atoms with Crippen molar-refractivity contribution in [3.8, 4) is 0 Å². The maximum Gasteiger partial charge on any atom is 0.138 e. The molecule has 5 aliphatic rings. The molecule has 1 aromatic heterocycles. The molecule has 4 fully saturated rings. The van der Waals surface area contributed by atoms with E-state index in [0.717, 1.165) is 37.8 Å². The fraction of sp³-hybridized carbons (Fsp3) is 0.667. The van der Waals surface area contributed by atoms with Gasteiger partial charge in [0.15, 0.2) is 0 Å². The van der Waals surface area contributed by atoms with E-state index >= 15 is 0 Å². The third kappa shape index (κ3) is 1.87. The third-order valence-electron chi connectivity index (χ3n) is 5.86. The first-order valence-corrected chi connectivity index (χ1v) is 9.69. The highest BCUT2D eigenvalue weighted by atomic mass is 35.5. The molecule has 0 radical (unpaired) electrons. The lowest BCUT2D eigenvalue weighted by atomic mass is 9.49. The number of amidine groups is 1. The number of anilines is 1. The predicted octanol–water partition coefficient (Wildman–Crippen LogP) is 4.72. The van der Waals surface area contributed by atoms with Crippen molar-refractivity contribution in [1.82, 2.24) is 0 Å². The van der Waals surface area contributed by atoms with E-state index in [1.807, 2.05) is 11.1 Å². The number of nitrogens with two attached hydrogens (primary N) is 1. The van der Waals surface area contributed by atoms with E-state index in [1.54, 1.807) is 23.3 Å². The number of hydrogen-bond acceptors (Lipinski definition) is 5. The van der Waals surface area contributed by atoms with Gasteiger partial charge in [-0.1, -0.05) is 11.6 Å². The van der Waals surface area contributed by atoms with Crippen molar-refractivity contribution in [2.45, 2.75) is 42.7 Å². The summed E-state index contributed by atoms with van der Waals surface area (Å²) in [6, 6.07) is 1.99. The van der Waals surface area contributed by atoms with Crippen LogP contribution >= 0.6 is 34.9 Å². The topological polar surface area (TPSA) is 41.6 Å². The van der Waals surface area contributed by atoms with E-state index in [-0.39, 0.29) is 5.41 Å². The zero-order chi connectivity index (χ0) is 14.2. The lowest BCUT2D eigenvalue weighted by Gasteiger charge is -2.57. The molecular formula is C15H18ClN3S2. The van der Waals surface area contributed by atoms with Gasteiger partial charge in [0.1, 0.15) is 10.0 Å². The van der Waals surface area contributed by atoms with Crippen molar-refractivity contribution in [2.24, 2.45) is 33.4 Å². The van der Waals surface area contributed by atoms with E-state index in [1.165, 1.54) is 38.5 Å². The van der Waals surface area contributed by atoms with Gasteiger partial charge in [-0.15, -0.1) is 11.3 Å². The summed E-state index contributed by atoms with van der Waals surface area (Å²) in [6.45, 7) is 0. The normalized spacial score (nSPS) is 40.4. The molecule has 112 valence electrons. The van der Waals surface area contributed by atoms with Crippen LogP contribution in [0.1, 0.15) is 38.5 Å². The second-order valence-corrected chi connectivity index (χ2v) is 10.0. The molecule has 0 saturated heterocycles. The Morgan fingerprint density at radius 3 is 2.43 bits per heavy atom. The van der Waals surface area contributed by atoms with Crippen molar-refractivity contribution in [3.05, 3.63) is 10.4 Å². The van der Waals surface area contributed by atoms with Gasteiger partial charge in [-0.25, -0.2) is 5.84 Å². The van der Waals surface area contributed by atoms with Crippen molar-refractivity contribution >= 4 is 46.4 Å². The summed E-state index contributed by atoms with van der Waals surface area (Å²) < 4.78 is 6.76. The van der Waals surface area contributed by atoms with Crippen LogP contribution in [0, 0.1) is 23.2 Å². The molecule has 2 N–H and O–H groups in total. The van der Waals surface area contributed by atoms with Crippen LogP contribution in [0.25, 0.3) is 0 Å². The Morgan fingerprint density at radius 2 is 1.81 bits per heavy atom. The van der Waals surface area contributed by atoms with Crippen molar-refractivity contribution in [2.75, 3.05) is 5.01 Å². The predicted molar refractivity (Wildman–Crippen MR) is 89.9 cm³/mol. The molecule has 3 nitrogen and oxygen atoms in total. The van der Waals surface area contributed by atoms with Crippen LogP contribution in [0.4, 0.5) is 5.69 Å². The van der Waals surface area contributed by atoms with Gasteiger partial charge in [0.25, 0.3) is 0 Å². The van der Waals surface area contributed by atoms with Crippen molar-refractivity contribution < 1.29 is 0 Å². The molecule has 1 aromatic rings. The molecule has 6 heteroatoms. The first kappa shape index (κ1) is 13.2. The standard InChI is InChI=1S/C15H18ClN3S2/c16-12-4-11-13(20-12)21-18-14(19(11)17)15-5-8-1-9(6-15)3-10(2-8)7-15/h4,8-10H,1-3,5-7,17H2. The van der Waals surface area contributed by atoms with Crippen LogP contribution in [0.2, 0.25) is 4.34 Å². The summed E-state index contributed by atoms with van der Waals surface area (Å²) in [5.41, 5.74) is 1.29. The number of hydrogen-bond donors (Lipinski definition) is 1. The number of thiophene rings is 1. The Labute approximate surface area is 138 Å². The summed E-state index contributed by atoms with van der Waals surface area (Å²) in [4.78, 5) is 0. The van der Waals surface area contributed by atoms with E-state index in [9.17, 15) is 0 Å². The molecule has 0 spiro atoms. The molecule has 0 unspecified atom stereocenters. The summed E-state index contributed by atoms with van der Waals surface area (Å²) >= 11 is 9.30. The zero-order valence-electron chi connectivity index (χ0n) is 11.7. The highest BCUT2D eigenvalue weighted by Crippen LogP contribution is 2.62. The van der Waals surface area contributed by atoms with Crippen molar-refractivity contribution in [1.29, 1.82) is 0 Å². The number of hydrazine groups is 1. The van der Waals surface area contributed by atoms with E-state index < -0.39 is 0 Å².